The number of nitrogens with zero attached hydrogens (tertiary/aromatic N) is 2. The SMILES string of the molecule is CCCC(NN)c1c(Br)cnn1CCOC. The summed E-state index contributed by atoms with van der Waals surface area (Å²) in [6.45, 7) is 3.51. The van der Waals surface area contributed by atoms with Crippen LogP contribution in [0.3, 0.4) is 0 Å². The predicted octanol–water partition coefficient (Wildman–Crippen LogP) is 1.60. The standard InChI is InChI=1S/C10H19BrN4O/c1-3-4-9(14-12)10-8(11)7-13-15(10)5-6-16-2/h7,9,14H,3-6,12H2,1-2H3. The number of ether oxygens (including phenoxy) is 1. The van der Waals surface area contributed by atoms with Gasteiger partial charge in [-0.15, -0.1) is 0 Å². The van der Waals surface area contributed by atoms with Crippen LogP contribution in [0.5, 0.6) is 0 Å². The van der Waals surface area contributed by atoms with Crippen LogP contribution in [-0.2, 0) is 11.3 Å². The zero-order valence-corrected chi connectivity index (χ0v) is 11.3. The zero-order valence-electron chi connectivity index (χ0n) is 9.74. The fraction of sp³-hybridized carbons (Fsp3) is 0.700. The predicted molar refractivity (Wildman–Crippen MR) is 66.8 cm³/mol. The van der Waals surface area contributed by atoms with Crippen LogP contribution in [0.2, 0.25) is 0 Å². The van der Waals surface area contributed by atoms with Crippen LogP contribution < -0.4 is 11.3 Å². The highest BCUT2D eigenvalue weighted by Gasteiger charge is 2.17. The van der Waals surface area contributed by atoms with Crippen LogP contribution in [0.15, 0.2) is 10.7 Å². The first-order chi connectivity index (χ1) is 7.74. The molecule has 1 unspecified atom stereocenters. The Labute approximate surface area is 104 Å². The summed E-state index contributed by atoms with van der Waals surface area (Å²) in [5, 5.41) is 4.30. The number of aromatic nitrogens is 2. The van der Waals surface area contributed by atoms with E-state index in [0.29, 0.717) is 6.61 Å². The van der Waals surface area contributed by atoms with Crippen LogP contribution in [-0.4, -0.2) is 23.5 Å². The molecule has 1 aromatic rings. The lowest BCUT2D eigenvalue weighted by molar-refractivity contribution is 0.181. The average molecular weight is 291 g/mol. The average Bonchev–Trinajstić information content (AvgIpc) is 2.65. The number of rotatable bonds is 7. The van der Waals surface area contributed by atoms with Gasteiger partial charge in [-0.3, -0.25) is 16.0 Å². The number of hydrogen-bond donors (Lipinski definition) is 2. The highest BCUT2D eigenvalue weighted by atomic mass is 79.9. The summed E-state index contributed by atoms with van der Waals surface area (Å²) in [5.41, 5.74) is 3.92. The van der Waals surface area contributed by atoms with E-state index in [9.17, 15) is 0 Å². The van der Waals surface area contributed by atoms with Gasteiger partial charge in [0.25, 0.3) is 0 Å². The highest BCUT2D eigenvalue weighted by Crippen LogP contribution is 2.25. The van der Waals surface area contributed by atoms with Crippen molar-refractivity contribution >= 4 is 15.9 Å². The highest BCUT2D eigenvalue weighted by molar-refractivity contribution is 9.10. The van der Waals surface area contributed by atoms with Crippen molar-refractivity contribution in [2.75, 3.05) is 13.7 Å². The van der Waals surface area contributed by atoms with Crippen molar-refractivity contribution in [1.29, 1.82) is 0 Å². The Morgan fingerprint density at radius 2 is 2.44 bits per heavy atom. The van der Waals surface area contributed by atoms with Crippen LogP contribution in [0.25, 0.3) is 0 Å². The molecule has 1 atom stereocenters. The first-order valence-electron chi connectivity index (χ1n) is 5.40. The summed E-state index contributed by atoms with van der Waals surface area (Å²) >= 11 is 3.50. The molecular weight excluding hydrogens is 272 g/mol. The Hall–Kier alpha value is -0.430. The van der Waals surface area contributed by atoms with Gasteiger partial charge in [0.1, 0.15) is 0 Å². The van der Waals surface area contributed by atoms with Crippen molar-refractivity contribution in [1.82, 2.24) is 15.2 Å². The molecule has 0 bridgehead atoms. The molecule has 92 valence electrons. The second-order valence-corrected chi connectivity index (χ2v) is 4.46. The van der Waals surface area contributed by atoms with E-state index >= 15 is 0 Å². The molecule has 1 heterocycles. The Kier molecular flexibility index (Phi) is 5.97. The maximum atomic E-state index is 5.57. The summed E-state index contributed by atoms with van der Waals surface area (Å²) in [6, 6.07) is 0.124. The van der Waals surface area contributed by atoms with Gasteiger partial charge in [-0.05, 0) is 22.4 Å². The monoisotopic (exact) mass is 290 g/mol. The molecule has 0 amide bonds. The van der Waals surface area contributed by atoms with Crippen LogP contribution in [0, 0.1) is 0 Å². The van der Waals surface area contributed by atoms with E-state index in [1.807, 2.05) is 4.68 Å². The van der Waals surface area contributed by atoms with Gasteiger partial charge < -0.3 is 4.74 Å². The molecule has 0 aromatic carbocycles. The number of nitrogens with one attached hydrogen (secondary N) is 1. The molecule has 5 nitrogen and oxygen atoms in total. The van der Waals surface area contributed by atoms with Gasteiger partial charge in [0, 0.05) is 7.11 Å². The van der Waals surface area contributed by atoms with Crippen LogP contribution in [0.1, 0.15) is 31.5 Å². The van der Waals surface area contributed by atoms with Crippen LogP contribution >= 0.6 is 15.9 Å². The molecule has 0 spiro atoms. The maximum Gasteiger partial charge on any atom is 0.0710 e. The molecule has 0 radical (unpaired) electrons. The summed E-state index contributed by atoms with van der Waals surface area (Å²) in [7, 11) is 1.68. The van der Waals surface area contributed by atoms with Gasteiger partial charge in [-0.25, -0.2) is 0 Å². The first kappa shape index (κ1) is 13.6. The lowest BCUT2D eigenvalue weighted by Crippen LogP contribution is -2.30. The molecule has 0 aliphatic heterocycles. The molecule has 1 aromatic heterocycles. The Morgan fingerprint density at radius 3 is 3.00 bits per heavy atom. The minimum atomic E-state index is 0.124. The van der Waals surface area contributed by atoms with Gasteiger partial charge >= 0.3 is 0 Å². The van der Waals surface area contributed by atoms with Crippen molar-refractivity contribution in [3.63, 3.8) is 0 Å². The fourth-order valence-corrected chi connectivity index (χ4v) is 2.23. The largest absolute Gasteiger partial charge is 0.383 e. The first-order valence-corrected chi connectivity index (χ1v) is 6.20. The van der Waals surface area contributed by atoms with Crippen molar-refractivity contribution in [2.24, 2.45) is 5.84 Å². The molecule has 0 saturated carbocycles. The van der Waals surface area contributed by atoms with Crippen molar-refractivity contribution in [3.05, 3.63) is 16.4 Å². The maximum absolute atomic E-state index is 5.57. The lowest BCUT2D eigenvalue weighted by atomic mass is 10.1. The van der Waals surface area contributed by atoms with Crippen molar-refractivity contribution in [2.45, 2.75) is 32.4 Å². The van der Waals surface area contributed by atoms with E-state index in [2.05, 4.69) is 33.4 Å². The molecule has 3 N–H and O–H groups in total. The Balaban J connectivity index is 2.85. The summed E-state index contributed by atoms with van der Waals surface area (Å²) < 4.78 is 7.97. The smallest absolute Gasteiger partial charge is 0.0710 e. The van der Waals surface area contributed by atoms with Crippen LogP contribution in [0.4, 0.5) is 0 Å². The molecule has 16 heavy (non-hydrogen) atoms. The molecule has 0 fully saturated rings. The molecule has 1 rings (SSSR count). The van der Waals surface area contributed by atoms with Gasteiger partial charge in [0.05, 0.1) is 35.6 Å². The van der Waals surface area contributed by atoms with Gasteiger partial charge in [-0.2, -0.15) is 5.10 Å². The van der Waals surface area contributed by atoms with Gasteiger partial charge in [0.15, 0.2) is 0 Å². The zero-order chi connectivity index (χ0) is 12.0. The normalized spacial score (nSPS) is 13.0. The fourth-order valence-electron chi connectivity index (χ4n) is 1.66. The lowest BCUT2D eigenvalue weighted by Gasteiger charge is -2.17. The molecule has 0 aliphatic carbocycles. The van der Waals surface area contributed by atoms with Crippen molar-refractivity contribution in [3.8, 4) is 0 Å². The third-order valence-corrected chi connectivity index (χ3v) is 3.06. The summed E-state index contributed by atoms with van der Waals surface area (Å²) in [6.07, 6.45) is 3.84. The van der Waals surface area contributed by atoms with E-state index in [1.165, 1.54) is 0 Å². The Morgan fingerprint density at radius 1 is 1.69 bits per heavy atom. The summed E-state index contributed by atoms with van der Waals surface area (Å²) in [5.74, 6) is 5.57. The third kappa shape index (κ3) is 3.28. The number of hydrogen-bond acceptors (Lipinski definition) is 4. The number of hydrazine groups is 1. The molecular formula is C10H19BrN4O. The minimum Gasteiger partial charge on any atom is -0.383 e. The Bertz CT molecular complexity index is 316. The molecule has 6 heteroatoms. The van der Waals surface area contributed by atoms with Gasteiger partial charge in [0.2, 0.25) is 0 Å². The third-order valence-electron chi connectivity index (χ3n) is 2.45. The number of halogens is 1. The second kappa shape index (κ2) is 7.01. The van der Waals surface area contributed by atoms with E-state index < -0.39 is 0 Å². The number of nitrogens with two attached hydrogens (primary N) is 1. The minimum absolute atomic E-state index is 0.124. The molecule has 0 aliphatic rings. The summed E-state index contributed by atoms with van der Waals surface area (Å²) in [4.78, 5) is 0. The number of methoxy groups -OCH3 is 1. The quantitative estimate of drug-likeness (QED) is 0.591. The van der Waals surface area contributed by atoms with Gasteiger partial charge in [-0.1, -0.05) is 13.3 Å². The van der Waals surface area contributed by atoms with E-state index in [1.54, 1.807) is 13.3 Å². The van der Waals surface area contributed by atoms with E-state index in [4.69, 9.17) is 10.6 Å². The van der Waals surface area contributed by atoms with Crippen molar-refractivity contribution < 1.29 is 4.74 Å². The van der Waals surface area contributed by atoms with E-state index in [0.717, 1.165) is 29.6 Å². The molecule has 0 saturated heterocycles. The second-order valence-electron chi connectivity index (χ2n) is 3.60. The topological polar surface area (TPSA) is 65.1 Å². The van der Waals surface area contributed by atoms with E-state index in [-0.39, 0.29) is 6.04 Å².